The zero-order valence-electron chi connectivity index (χ0n) is 12.9. The van der Waals surface area contributed by atoms with Crippen molar-refractivity contribution >= 4 is 17.5 Å². The molecule has 0 fully saturated rings. The van der Waals surface area contributed by atoms with Crippen molar-refractivity contribution in [1.82, 2.24) is 4.98 Å². The van der Waals surface area contributed by atoms with Crippen LogP contribution in [0.15, 0.2) is 18.3 Å². The molecule has 1 aromatic rings. The first-order chi connectivity index (χ1) is 10.5. The predicted octanol–water partition coefficient (Wildman–Crippen LogP) is 3.24. The Morgan fingerprint density at radius 2 is 2.00 bits per heavy atom. The molecule has 0 aliphatic rings. The molecule has 0 saturated heterocycles. The number of anilines is 1. The summed E-state index contributed by atoms with van der Waals surface area (Å²) < 4.78 is 0. The number of rotatable bonds is 11. The third-order valence-corrected chi connectivity index (χ3v) is 3.39. The first kappa shape index (κ1) is 17.9. The fourth-order valence-corrected chi connectivity index (χ4v) is 2.15. The number of unbranched alkanes of at least 4 members (excludes halogenated alkanes) is 4. The van der Waals surface area contributed by atoms with Crippen LogP contribution in [0.4, 0.5) is 11.5 Å². The minimum Gasteiger partial charge on any atom is -0.481 e. The maximum Gasteiger partial charge on any atom is 0.305 e. The Kier molecular flexibility index (Phi) is 7.88. The molecule has 0 radical (unpaired) electrons. The summed E-state index contributed by atoms with van der Waals surface area (Å²) in [7, 11) is 0. The van der Waals surface area contributed by atoms with Crippen molar-refractivity contribution in [1.29, 1.82) is 0 Å². The third kappa shape index (κ3) is 6.51. The molecule has 22 heavy (non-hydrogen) atoms. The lowest BCUT2D eigenvalue weighted by molar-refractivity contribution is -0.385. The van der Waals surface area contributed by atoms with Gasteiger partial charge in [0.25, 0.3) is 5.69 Å². The van der Waals surface area contributed by atoms with E-state index in [1.54, 1.807) is 6.07 Å². The summed E-state index contributed by atoms with van der Waals surface area (Å²) in [6.07, 6.45) is 6.81. The third-order valence-electron chi connectivity index (χ3n) is 3.39. The molecular weight excluding hydrogens is 286 g/mol. The average Bonchev–Trinajstić information content (AvgIpc) is 2.50. The minimum atomic E-state index is -0.863. The van der Waals surface area contributed by atoms with Crippen LogP contribution in [0.3, 0.4) is 0 Å². The number of hydrogen-bond donors (Lipinski definition) is 1. The summed E-state index contributed by atoms with van der Waals surface area (Å²) in [6.45, 7) is 3.22. The summed E-state index contributed by atoms with van der Waals surface area (Å²) in [4.78, 5) is 26.9. The van der Waals surface area contributed by atoms with Crippen LogP contribution >= 0.6 is 0 Å². The molecule has 1 aromatic heterocycles. The van der Waals surface area contributed by atoms with Crippen molar-refractivity contribution in [3.8, 4) is 0 Å². The highest BCUT2D eigenvalue weighted by atomic mass is 16.6. The van der Waals surface area contributed by atoms with Crippen LogP contribution in [0.25, 0.3) is 0 Å². The maximum absolute atomic E-state index is 10.8. The van der Waals surface area contributed by atoms with Gasteiger partial charge in [-0.25, -0.2) is 4.98 Å². The van der Waals surface area contributed by atoms with Gasteiger partial charge in [0.2, 0.25) is 0 Å². The Bertz CT molecular complexity index is 476. The number of carboxylic acid groups (broad SMARTS) is 1. The summed E-state index contributed by atoms with van der Waals surface area (Å²) >= 11 is 0. The van der Waals surface area contributed by atoms with Crippen LogP contribution in [0, 0.1) is 10.1 Å². The minimum absolute atomic E-state index is 0.0215. The number of carboxylic acids is 1. The van der Waals surface area contributed by atoms with Gasteiger partial charge in [0.15, 0.2) is 0 Å². The number of nitrogens with zero attached hydrogens (tertiary/aromatic N) is 3. The predicted molar refractivity (Wildman–Crippen MR) is 84.1 cm³/mol. The van der Waals surface area contributed by atoms with Gasteiger partial charge in [0.05, 0.1) is 11.3 Å². The van der Waals surface area contributed by atoms with Gasteiger partial charge >= 0.3 is 5.97 Å². The molecule has 0 aliphatic carbocycles. The summed E-state index contributed by atoms with van der Waals surface area (Å²) in [5.74, 6) is -0.278. The topological polar surface area (TPSA) is 96.6 Å². The van der Waals surface area contributed by atoms with Crippen LogP contribution in [0.2, 0.25) is 0 Å². The summed E-state index contributed by atoms with van der Waals surface area (Å²) in [6, 6.07) is 2.97. The van der Waals surface area contributed by atoms with E-state index in [0.29, 0.717) is 18.9 Å². The second kappa shape index (κ2) is 9.70. The first-order valence-corrected chi connectivity index (χ1v) is 7.61. The average molecular weight is 309 g/mol. The fraction of sp³-hybridized carbons (Fsp3) is 0.600. The zero-order chi connectivity index (χ0) is 16.4. The number of nitro groups is 1. The largest absolute Gasteiger partial charge is 0.481 e. The van der Waals surface area contributed by atoms with Gasteiger partial charge in [-0.15, -0.1) is 0 Å². The Morgan fingerprint density at radius 3 is 2.55 bits per heavy atom. The molecule has 0 aliphatic heterocycles. The molecule has 7 heteroatoms. The molecule has 0 amide bonds. The number of carbonyl (C=O) groups is 1. The Hall–Kier alpha value is -2.18. The van der Waals surface area contributed by atoms with Gasteiger partial charge in [-0.05, 0) is 12.5 Å². The van der Waals surface area contributed by atoms with Gasteiger partial charge in [0, 0.05) is 19.2 Å². The standard InChI is InChI=1S/C15H23N3O4/c1-2-3-4-5-6-10-17(11-9-15(19)20)14-8-7-13(12-16-14)18(21)22/h7-8,12H,2-6,9-11H2,1H3,(H,19,20). The monoisotopic (exact) mass is 309 g/mol. The fourth-order valence-electron chi connectivity index (χ4n) is 2.15. The number of hydrogen-bond acceptors (Lipinski definition) is 5. The second-order valence-corrected chi connectivity index (χ2v) is 5.18. The molecule has 1 N–H and O–H groups in total. The first-order valence-electron chi connectivity index (χ1n) is 7.61. The molecule has 0 aromatic carbocycles. The van der Waals surface area contributed by atoms with Gasteiger partial charge in [-0.2, -0.15) is 0 Å². The summed E-state index contributed by atoms with van der Waals surface area (Å²) in [5, 5.41) is 19.5. The zero-order valence-corrected chi connectivity index (χ0v) is 12.9. The van der Waals surface area contributed by atoms with Crippen LogP contribution < -0.4 is 4.90 Å². The summed E-state index contributed by atoms with van der Waals surface area (Å²) in [5.41, 5.74) is -0.0649. The van der Waals surface area contributed by atoms with Gasteiger partial charge in [0.1, 0.15) is 12.0 Å². The highest BCUT2D eigenvalue weighted by Gasteiger charge is 2.12. The van der Waals surface area contributed by atoms with E-state index >= 15 is 0 Å². The normalized spacial score (nSPS) is 10.4. The van der Waals surface area contributed by atoms with Crippen LogP contribution in [0.5, 0.6) is 0 Å². The van der Waals surface area contributed by atoms with E-state index in [4.69, 9.17) is 5.11 Å². The number of pyridine rings is 1. The maximum atomic E-state index is 10.8. The smallest absolute Gasteiger partial charge is 0.305 e. The SMILES string of the molecule is CCCCCCCN(CCC(=O)O)c1ccc([N+](=O)[O-])cn1. The lowest BCUT2D eigenvalue weighted by Crippen LogP contribution is -2.28. The molecule has 122 valence electrons. The van der Waals surface area contributed by atoms with Gasteiger partial charge in [-0.3, -0.25) is 14.9 Å². The van der Waals surface area contributed by atoms with E-state index < -0.39 is 10.9 Å². The molecule has 0 unspecified atom stereocenters. The van der Waals surface area contributed by atoms with Crippen molar-refractivity contribution in [3.05, 3.63) is 28.4 Å². The van der Waals surface area contributed by atoms with Crippen molar-refractivity contribution in [2.75, 3.05) is 18.0 Å². The lowest BCUT2D eigenvalue weighted by atomic mass is 10.1. The van der Waals surface area contributed by atoms with E-state index in [9.17, 15) is 14.9 Å². The molecule has 7 nitrogen and oxygen atoms in total. The van der Waals surface area contributed by atoms with Crippen molar-refractivity contribution < 1.29 is 14.8 Å². The van der Waals surface area contributed by atoms with Crippen molar-refractivity contribution in [2.24, 2.45) is 0 Å². The molecule has 0 atom stereocenters. The van der Waals surface area contributed by atoms with Crippen LogP contribution in [-0.4, -0.2) is 34.1 Å². The Labute approximate surface area is 130 Å². The molecule has 0 bridgehead atoms. The van der Waals surface area contributed by atoms with Crippen LogP contribution in [-0.2, 0) is 4.79 Å². The second-order valence-electron chi connectivity index (χ2n) is 5.18. The van der Waals surface area contributed by atoms with E-state index in [2.05, 4.69) is 11.9 Å². The van der Waals surface area contributed by atoms with Crippen LogP contribution in [0.1, 0.15) is 45.4 Å². The Balaban J connectivity index is 2.63. The van der Waals surface area contributed by atoms with E-state index in [0.717, 1.165) is 19.3 Å². The van der Waals surface area contributed by atoms with Crippen molar-refractivity contribution in [3.63, 3.8) is 0 Å². The number of aromatic nitrogens is 1. The molecule has 0 saturated carbocycles. The van der Waals surface area contributed by atoms with Gasteiger partial charge < -0.3 is 10.0 Å². The number of aliphatic carboxylic acids is 1. The quantitative estimate of drug-likeness (QED) is 0.383. The van der Waals surface area contributed by atoms with E-state index in [1.807, 2.05) is 4.90 Å². The molecule has 1 heterocycles. The highest BCUT2D eigenvalue weighted by Crippen LogP contribution is 2.17. The lowest BCUT2D eigenvalue weighted by Gasteiger charge is -2.22. The van der Waals surface area contributed by atoms with E-state index in [1.165, 1.54) is 25.1 Å². The van der Waals surface area contributed by atoms with Gasteiger partial charge in [-0.1, -0.05) is 32.6 Å². The Morgan fingerprint density at radius 1 is 1.27 bits per heavy atom. The van der Waals surface area contributed by atoms with E-state index in [-0.39, 0.29) is 12.1 Å². The van der Waals surface area contributed by atoms with Crippen molar-refractivity contribution in [2.45, 2.75) is 45.4 Å². The molecular formula is C15H23N3O4. The molecule has 0 spiro atoms. The molecule has 1 rings (SSSR count). The highest BCUT2D eigenvalue weighted by molar-refractivity contribution is 5.67.